The van der Waals surface area contributed by atoms with Crippen LogP contribution in [0.15, 0.2) is 24.3 Å². The Morgan fingerprint density at radius 3 is 2.41 bits per heavy atom. The minimum atomic E-state index is -0.0178. The minimum Gasteiger partial charge on any atom is -0.349 e. The van der Waals surface area contributed by atoms with Gasteiger partial charge in [0, 0.05) is 31.1 Å². The second kappa shape index (κ2) is 7.97. The van der Waals surface area contributed by atoms with Gasteiger partial charge in [0.05, 0.1) is 0 Å². The third-order valence-electron chi connectivity index (χ3n) is 4.24. The fraction of sp³-hybridized carbons (Fsp3) is 0.556. The standard InChI is InChI=1S/C18H26N2O2/c1-3-4-5-17(21)20-12-10-16(11-13-20)19-18(22)15-8-6-14(2)7-9-15/h6-9,16H,3-5,10-13H2,1-2H3,(H,19,22). The van der Waals surface area contributed by atoms with Crippen molar-refractivity contribution in [3.63, 3.8) is 0 Å². The molecule has 0 atom stereocenters. The van der Waals surface area contributed by atoms with Gasteiger partial charge in [-0.3, -0.25) is 9.59 Å². The van der Waals surface area contributed by atoms with Crippen LogP contribution in [0.5, 0.6) is 0 Å². The molecule has 1 heterocycles. The lowest BCUT2D eigenvalue weighted by Crippen LogP contribution is -2.46. The first-order chi connectivity index (χ1) is 10.6. The molecule has 4 heteroatoms. The second-order valence-electron chi connectivity index (χ2n) is 6.10. The van der Waals surface area contributed by atoms with Gasteiger partial charge >= 0.3 is 0 Å². The van der Waals surface area contributed by atoms with E-state index in [2.05, 4.69) is 12.2 Å². The normalized spacial score (nSPS) is 15.6. The van der Waals surface area contributed by atoms with E-state index < -0.39 is 0 Å². The van der Waals surface area contributed by atoms with Gasteiger partial charge in [0.15, 0.2) is 0 Å². The number of nitrogens with zero attached hydrogens (tertiary/aromatic N) is 1. The number of carbonyl (C=O) groups excluding carboxylic acids is 2. The zero-order valence-corrected chi connectivity index (χ0v) is 13.6. The monoisotopic (exact) mass is 302 g/mol. The summed E-state index contributed by atoms with van der Waals surface area (Å²) in [5.74, 6) is 0.237. The maximum Gasteiger partial charge on any atom is 0.251 e. The van der Waals surface area contributed by atoms with Crippen molar-refractivity contribution in [3.05, 3.63) is 35.4 Å². The third kappa shape index (κ3) is 4.58. The van der Waals surface area contributed by atoms with Crippen molar-refractivity contribution in [1.82, 2.24) is 10.2 Å². The molecule has 120 valence electrons. The molecule has 4 nitrogen and oxygen atoms in total. The lowest BCUT2D eigenvalue weighted by atomic mass is 10.0. The van der Waals surface area contributed by atoms with E-state index in [0.29, 0.717) is 12.0 Å². The number of hydrogen-bond acceptors (Lipinski definition) is 2. The van der Waals surface area contributed by atoms with Crippen LogP contribution in [0.4, 0.5) is 0 Å². The Morgan fingerprint density at radius 2 is 1.82 bits per heavy atom. The Kier molecular flexibility index (Phi) is 5.99. The van der Waals surface area contributed by atoms with E-state index in [0.717, 1.165) is 44.3 Å². The van der Waals surface area contributed by atoms with Gasteiger partial charge in [-0.2, -0.15) is 0 Å². The Bertz CT molecular complexity index is 502. The van der Waals surface area contributed by atoms with Crippen molar-refractivity contribution in [1.29, 1.82) is 0 Å². The van der Waals surface area contributed by atoms with Crippen LogP contribution in [0.1, 0.15) is 54.9 Å². The molecule has 22 heavy (non-hydrogen) atoms. The molecule has 0 spiro atoms. The van der Waals surface area contributed by atoms with Crippen molar-refractivity contribution in [2.24, 2.45) is 0 Å². The molecule has 0 aromatic heterocycles. The number of nitrogens with one attached hydrogen (secondary N) is 1. The first kappa shape index (κ1) is 16.5. The number of unbranched alkanes of at least 4 members (excludes halogenated alkanes) is 1. The highest BCUT2D eigenvalue weighted by atomic mass is 16.2. The lowest BCUT2D eigenvalue weighted by Gasteiger charge is -2.32. The van der Waals surface area contributed by atoms with Gasteiger partial charge in [-0.25, -0.2) is 0 Å². The molecular formula is C18H26N2O2. The number of carbonyl (C=O) groups is 2. The molecular weight excluding hydrogens is 276 g/mol. The van der Waals surface area contributed by atoms with Crippen LogP contribution in [0.2, 0.25) is 0 Å². The van der Waals surface area contributed by atoms with Crippen LogP contribution < -0.4 is 5.32 Å². The topological polar surface area (TPSA) is 49.4 Å². The van der Waals surface area contributed by atoms with Crippen molar-refractivity contribution in [3.8, 4) is 0 Å². The number of benzene rings is 1. The quantitative estimate of drug-likeness (QED) is 0.909. The van der Waals surface area contributed by atoms with Crippen LogP contribution in [-0.2, 0) is 4.79 Å². The van der Waals surface area contributed by atoms with Crippen molar-refractivity contribution >= 4 is 11.8 Å². The Labute approximate surface area is 132 Å². The van der Waals surface area contributed by atoms with Crippen molar-refractivity contribution in [2.45, 2.75) is 52.0 Å². The van der Waals surface area contributed by atoms with Gasteiger partial charge < -0.3 is 10.2 Å². The molecule has 1 N–H and O–H groups in total. The molecule has 0 saturated carbocycles. The summed E-state index contributed by atoms with van der Waals surface area (Å²) >= 11 is 0. The van der Waals surface area contributed by atoms with Gasteiger partial charge in [0.25, 0.3) is 5.91 Å². The highest BCUT2D eigenvalue weighted by molar-refractivity contribution is 5.94. The molecule has 0 unspecified atom stereocenters. The summed E-state index contributed by atoms with van der Waals surface area (Å²) in [4.78, 5) is 26.1. The summed E-state index contributed by atoms with van der Waals surface area (Å²) in [6.45, 7) is 5.61. The number of amides is 2. The second-order valence-corrected chi connectivity index (χ2v) is 6.10. The van der Waals surface area contributed by atoms with E-state index in [9.17, 15) is 9.59 Å². The van der Waals surface area contributed by atoms with Gasteiger partial charge in [-0.1, -0.05) is 31.0 Å². The number of piperidine rings is 1. The predicted molar refractivity (Wildman–Crippen MR) is 87.8 cm³/mol. The van der Waals surface area contributed by atoms with Crippen molar-refractivity contribution in [2.75, 3.05) is 13.1 Å². The van der Waals surface area contributed by atoms with Gasteiger partial charge in [0.1, 0.15) is 0 Å². The first-order valence-electron chi connectivity index (χ1n) is 8.25. The average Bonchev–Trinajstić information content (AvgIpc) is 2.54. The summed E-state index contributed by atoms with van der Waals surface area (Å²) in [6, 6.07) is 7.78. The molecule has 0 aliphatic carbocycles. The number of rotatable bonds is 5. The van der Waals surface area contributed by atoms with E-state index >= 15 is 0 Å². The largest absolute Gasteiger partial charge is 0.349 e. The predicted octanol–water partition coefficient (Wildman–Crippen LogP) is 2.91. The van der Waals surface area contributed by atoms with Crippen LogP contribution in [0.3, 0.4) is 0 Å². The molecule has 1 aliphatic heterocycles. The van der Waals surface area contributed by atoms with Crippen molar-refractivity contribution < 1.29 is 9.59 Å². The fourth-order valence-electron chi connectivity index (χ4n) is 2.73. The maximum absolute atomic E-state index is 12.2. The maximum atomic E-state index is 12.2. The zero-order valence-electron chi connectivity index (χ0n) is 13.6. The number of hydrogen-bond donors (Lipinski definition) is 1. The molecule has 2 rings (SSSR count). The molecule has 0 radical (unpaired) electrons. The number of aryl methyl sites for hydroxylation is 1. The summed E-state index contributed by atoms with van der Waals surface area (Å²) < 4.78 is 0. The molecule has 1 aromatic carbocycles. The Morgan fingerprint density at radius 1 is 1.18 bits per heavy atom. The van der Waals surface area contributed by atoms with Crippen LogP contribution in [0, 0.1) is 6.92 Å². The van der Waals surface area contributed by atoms with Crippen LogP contribution >= 0.6 is 0 Å². The Hall–Kier alpha value is -1.84. The minimum absolute atomic E-state index is 0.0178. The molecule has 1 fully saturated rings. The van der Waals surface area contributed by atoms with Crippen LogP contribution in [0.25, 0.3) is 0 Å². The van der Waals surface area contributed by atoms with E-state index in [-0.39, 0.29) is 17.9 Å². The lowest BCUT2D eigenvalue weighted by molar-refractivity contribution is -0.132. The van der Waals surface area contributed by atoms with Crippen LogP contribution in [-0.4, -0.2) is 35.8 Å². The Balaban J connectivity index is 1.78. The highest BCUT2D eigenvalue weighted by Gasteiger charge is 2.23. The highest BCUT2D eigenvalue weighted by Crippen LogP contribution is 2.13. The summed E-state index contributed by atoms with van der Waals surface area (Å²) in [5.41, 5.74) is 1.85. The molecule has 1 saturated heterocycles. The SMILES string of the molecule is CCCCC(=O)N1CCC(NC(=O)c2ccc(C)cc2)CC1. The smallest absolute Gasteiger partial charge is 0.251 e. The van der Waals surface area contributed by atoms with E-state index in [1.54, 1.807) is 0 Å². The molecule has 0 bridgehead atoms. The molecule has 1 aromatic rings. The van der Waals surface area contributed by atoms with Gasteiger partial charge in [0.2, 0.25) is 5.91 Å². The van der Waals surface area contributed by atoms with E-state index in [1.807, 2.05) is 36.1 Å². The average molecular weight is 302 g/mol. The van der Waals surface area contributed by atoms with E-state index in [1.165, 1.54) is 0 Å². The summed E-state index contributed by atoms with van der Waals surface area (Å²) in [5, 5.41) is 3.08. The van der Waals surface area contributed by atoms with Gasteiger partial charge in [-0.15, -0.1) is 0 Å². The summed E-state index contributed by atoms with van der Waals surface area (Å²) in [6.07, 6.45) is 4.35. The number of likely N-dealkylation sites (tertiary alicyclic amines) is 1. The van der Waals surface area contributed by atoms with E-state index in [4.69, 9.17) is 0 Å². The van der Waals surface area contributed by atoms with Gasteiger partial charge in [-0.05, 0) is 38.3 Å². The zero-order chi connectivity index (χ0) is 15.9. The molecule has 2 amide bonds. The first-order valence-corrected chi connectivity index (χ1v) is 8.25. The third-order valence-corrected chi connectivity index (χ3v) is 4.24. The summed E-state index contributed by atoms with van der Waals surface area (Å²) in [7, 11) is 0. The molecule has 1 aliphatic rings. The fourth-order valence-corrected chi connectivity index (χ4v) is 2.73.